The molecule has 0 saturated heterocycles. The Hall–Kier alpha value is -3.21. The Morgan fingerprint density at radius 2 is 2.08 bits per heavy atom. The van der Waals surface area contributed by atoms with E-state index in [4.69, 9.17) is 4.74 Å². The third-order valence-electron chi connectivity index (χ3n) is 3.93. The standard InChI is InChI=1S/C20H19N3O2/c1-14-6-7-16(10-15(14)2)11-22-23-20(24)13-25-19-5-3-4-17-12-21-9-8-18(17)19/h3-12H,13H2,1-2H3,(H,23,24)/b22-11+. The predicted octanol–water partition coefficient (Wildman–Crippen LogP) is 3.38. The third kappa shape index (κ3) is 4.20. The molecule has 3 rings (SSSR count). The number of hydrogen-bond acceptors (Lipinski definition) is 4. The van der Waals surface area contributed by atoms with Crippen LogP contribution >= 0.6 is 0 Å². The van der Waals surface area contributed by atoms with E-state index in [1.54, 1.807) is 18.6 Å². The fourth-order valence-corrected chi connectivity index (χ4v) is 2.42. The number of hydrogen-bond donors (Lipinski definition) is 1. The first-order chi connectivity index (χ1) is 12.1. The number of ether oxygens (including phenoxy) is 1. The highest BCUT2D eigenvalue weighted by Gasteiger charge is 2.05. The maximum Gasteiger partial charge on any atom is 0.277 e. The van der Waals surface area contributed by atoms with Crippen LogP contribution in [0.4, 0.5) is 0 Å². The number of fused-ring (bicyclic) bond motifs is 1. The Kier molecular flexibility index (Phi) is 5.04. The summed E-state index contributed by atoms with van der Waals surface area (Å²) in [6.07, 6.45) is 5.08. The lowest BCUT2D eigenvalue weighted by Crippen LogP contribution is -2.24. The van der Waals surface area contributed by atoms with E-state index in [1.165, 1.54) is 11.1 Å². The number of nitrogens with zero attached hydrogens (tertiary/aromatic N) is 2. The number of pyridine rings is 1. The summed E-state index contributed by atoms with van der Waals surface area (Å²) < 4.78 is 5.60. The Morgan fingerprint density at radius 1 is 1.20 bits per heavy atom. The Labute approximate surface area is 146 Å². The maximum atomic E-state index is 11.9. The third-order valence-corrected chi connectivity index (χ3v) is 3.93. The molecule has 3 aromatic rings. The molecule has 5 heteroatoms. The van der Waals surface area contributed by atoms with Gasteiger partial charge < -0.3 is 4.74 Å². The maximum absolute atomic E-state index is 11.9. The fourth-order valence-electron chi connectivity index (χ4n) is 2.42. The van der Waals surface area contributed by atoms with E-state index in [2.05, 4.69) is 22.4 Å². The first kappa shape index (κ1) is 16.6. The van der Waals surface area contributed by atoms with Crippen LogP contribution in [0.15, 0.2) is 60.0 Å². The van der Waals surface area contributed by atoms with Gasteiger partial charge in [0.25, 0.3) is 5.91 Å². The molecule has 0 bridgehead atoms. The van der Waals surface area contributed by atoms with E-state index in [1.807, 2.05) is 49.4 Å². The van der Waals surface area contributed by atoms with Crippen LogP contribution in [0.1, 0.15) is 16.7 Å². The molecule has 0 spiro atoms. The topological polar surface area (TPSA) is 63.6 Å². The molecular formula is C20H19N3O2. The van der Waals surface area contributed by atoms with Gasteiger partial charge in [-0.3, -0.25) is 9.78 Å². The highest BCUT2D eigenvalue weighted by molar-refractivity contribution is 5.88. The van der Waals surface area contributed by atoms with Gasteiger partial charge in [0.05, 0.1) is 6.21 Å². The van der Waals surface area contributed by atoms with Gasteiger partial charge in [0.1, 0.15) is 5.75 Å². The number of carbonyl (C=O) groups excluding carboxylic acids is 1. The summed E-state index contributed by atoms with van der Waals surface area (Å²) in [6.45, 7) is 3.99. The van der Waals surface area contributed by atoms with Crippen LogP contribution < -0.4 is 10.2 Å². The molecule has 126 valence electrons. The summed E-state index contributed by atoms with van der Waals surface area (Å²) in [5, 5.41) is 5.86. The lowest BCUT2D eigenvalue weighted by molar-refractivity contribution is -0.123. The SMILES string of the molecule is Cc1ccc(/C=N/NC(=O)COc2cccc3cnccc23)cc1C. The molecule has 5 nitrogen and oxygen atoms in total. The number of nitrogens with one attached hydrogen (secondary N) is 1. The van der Waals surface area contributed by atoms with Crippen molar-refractivity contribution >= 4 is 22.9 Å². The van der Waals surface area contributed by atoms with Crippen LogP contribution in [0.2, 0.25) is 0 Å². The second-order valence-corrected chi connectivity index (χ2v) is 5.78. The van der Waals surface area contributed by atoms with E-state index in [-0.39, 0.29) is 12.5 Å². The largest absolute Gasteiger partial charge is 0.483 e. The zero-order valence-corrected chi connectivity index (χ0v) is 14.2. The monoisotopic (exact) mass is 333 g/mol. The summed E-state index contributed by atoms with van der Waals surface area (Å²) >= 11 is 0. The molecule has 0 saturated carbocycles. The molecule has 0 atom stereocenters. The van der Waals surface area contributed by atoms with Crippen LogP contribution in [0.3, 0.4) is 0 Å². The van der Waals surface area contributed by atoms with Crippen LogP contribution in [-0.4, -0.2) is 23.7 Å². The van der Waals surface area contributed by atoms with Crippen molar-refractivity contribution in [2.24, 2.45) is 5.10 Å². The molecule has 0 radical (unpaired) electrons. The number of amides is 1. The van der Waals surface area contributed by atoms with Crippen molar-refractivity contribution in [3.05, 3.63) is 71.5 Å². The number of rotatable bonds is 5. The van der Waals surface area contributed by atoms with Crippen molar-refractivity contribution in [3.63, 3.8) is 0 Å². The summed E-state index contributed by atoms with van der Waals surface area (Å²) in [5.74, 6) is 0.333. The number of carbonyl (C=O) groups is 1. The highest BCUT2D eigenvalue weighted by Crippen LogP contribution is 2.24. The summed E-state index contributed by atoms with van der Waals surface area (Å²) in [4.78, 5) is 16.0. The van der Waals surface area contributed by atoms with E-state index in [9.17, 15) is 4.79 Å². The van der Waals surface area contributed by atoms with Gasteiger partial charge in [0.15, 0.2) is 6.61 Å². The number of aromatic nitrogens is 1. The molecule has 0 aliphatic rings. The molecular weight excluding hydrogens is 314 g/mol. The number of aryl methyl sites for hydroxylation is 2. The Bertz CT molecular complexity index is 930. The molecule has 2 aromatic carbocycles. The van der Waals surface area contributed by atoms with Gasteiger partial charge >= 0.3 is 0 Å². The van der Waals surface area contributed by atoms with Crippen molar-refractivity contribution in [1.29, 1.82) is 0 Å². The second-order valence-electron chi connectivity index (χ2n) is 5.78. The molecule has 1 aromatic heterocycles. The van der Waals surface area contributed by atoms with Crippen LogP contribution in [0, 0.1) is 13.8 Å². The molecule has 25 heavy (non-hydrogen) atoms. The van der Waals surface area contributed by atoms with Crippen LogP contribution in [0.5, 0.6) is 5.75 Å². The molecule has 0 fully saturated rings. The number of benzene rings is 2. The van der Waals surface area contributed by atoms with Crippen molar-refractivity contribution in [2.45, 2.75) is 13.8 Å². The molecule has 1 heterocycles. The minimum absolute atomic E-state index is 0.105. The van der Waals surface area contributed by atoms with Gasteiger partial charge in [-0.1, -0.05) is 30.3 Å². The van der Waals surface area contributed by atoms with Crippen molar-refractivity contribution in [2.75, 3.05) is 6.61 Å². The first-order valence-corrected chi connectivity index (χ1v) is 7.98. The summed E-state index contributed by atoms with van der Waals surface area (Å²) in [5.41, 5.74) is 5.82. The lowest BCUT2D eigenvalue weighted by Gasteiger charge is -2.08. The minimum atomic E-state index is -0.314. The predicted molar refractivity (Wildman–Crippen MR) is 98.9 cm³/mol. The Morgan fingerprint density at radius 3 is 2.92 bits per heavy atom. The summed E-state index contributed by atoms with van der Waals surface area (Å²) in [7, 11) is 0. The highest BCUT2D eigenvalue weighted by atomic mass is 16.5. The quantitative estimate of drug-likeness (QED) is 0.575. The van der Waals surface area contributed by atoms with Gasteiger partial charge in [-0.15, -0.1) is 0 Å². The molecule has 0 aliphatic carbocycles. The van der Waals surface area contributed by atoms with E-state index in [0.717, 1.165) is 16.3 Å². The van der Waals surface area contributed by atoms with Gasteiger partial charge in [0, 0.05) is 23.2 Å². The fraction of sp³-hybridized carbons (Fsp3) is 0.150. The summed E-state index contributed by atoms with van der Waals surface area (Å²) in [6, 6.07) is 13.5. The van der Waals surface area contributed by atoms with E-state index >= 15 is 0 Å². The zero-order chi connectivity index (χ0) is 17.6. The van der Waals surface area contributed by atoms with Crippen molar-refractivity contribution in [1.82, 2.24) is 10.4 Å². The Balaban J connectivity index is 1.57. The molecule has 1 amide bonds. The van der Waals surface area contributed by atoms with Crippen molar-refractivity contribution < 1.29 is 9.53 Å². The molecule has 0 unspecified atom stereocenters. The zero-order valence-electron chi connectivity index (χ0n) is 14.2. The van der Waals surface area contributed by atoms with E-state index in [0.29, 0.717) is 5.75 Å². The average molecular weight is 333 g/mol. The van der Waals surface area contributed by atoms with Gasteiger partial charge in [0.2, 0.25) is 0 Å². The lowest BCUT2D eigenvalue weighted by atomic mass is 10.1. The van der Waals surface area contributed by atoms with Gasteiger partial charge in [-0.05, 0) is 42.7 Å². The van der Waals surface area contributed by atoms with Gasteiger partial charge in [-0.2, -0.15) is 5.10 Å². The minimum Gasteiger partial charge on any atom is -0.483 e. The smallest absolute Gasteiger partial charge is 0.277 e. The van der Waals surface area contributed by atoms with Gasteiger partial charge in [-0.25, -0.2) is 5.43 Å². The normalized spacial score (nSPS) is 11.0. The first-order valence-electron chi connectivity index (χ1n) is 7.98. The molecule has 0 aliphatic heterocycles. The second kappa shape index (κ2) is 7.57. The average Bonchev–Trinajstić information content (AvgIpc) is 2.63. The number of hydrazone groups is 1. The molecule has 1 N–H and O–H groups in total. The van der Waals surface area contributed by atoms with E-state index < -0.39 is 0 Å². The van der Waals surface area contributed by atoms with Crippen LogP contribution in [-0.2, 0) is 4.79 Å². The van der Waals surface area contributed by atoms with Crippen molar-refractivity contribution in [3.8, 4) is 5.75 Å². The van der Waals surface area contributed by atoms with Crippen LogP contribution in [0.25, 0.3) is 10.8 Å².